The summed E-state index contributed by atoms with van der Waals surface area (Å²) >= 11 is 7.71. The Labute approximate surface area is 112 Å². The van der Waals surface area contributed by atoms with E-state index in [1.807, 2.05) is 17.5 Å². The van der Waals surface area contributed by atoms with Crippen molar-refractivity contribution in [3.05, 3.63) is 57.8 Å². The van der Waals surface area contributed by atoms with Crippen molar-refractivity contribution in [2.45, 2.75) is 18.0 Å². The number of thiophene rings is 1. The van der Waals surface area contributed by atoms with E-state index in [4.69, 9.17) is 11.6 Å². The molecule has 1 aromatic carbocycles. The van der Waals surface area contributed by atoms with Crippen molar-refractivity contribution in [2.75, 3.05) is 0 Å². The smallest absolute Gasteiger partial charge is 0.166 e. The molecule has 5 heteroatoms. The van der Waals surface area contributed by atoms with Crippen LogP contribution in [-0.2, 0) is 12.6 Å². The van der Waals surface area contributed by atoms with Crippen molar-refractivity contribution < 1.29 is 13.2 Å². The Bertz CT molecular complexity index is 505. The summed E-state index contributed by atoms with van der Waals surface area (Å²) in [5.74, 6) is 0. The lowest BCUT2D eigenvalue weighted by Crippen LogP contribution is -2.06. The van der Waals surface area contributed by atoms with Crippen LogP contribution in [0.2, 0.25) is 0 Å². The summed E-state index contributed by atoms with van der Waals surface area (Å²) in [7, 11) is 0. The van der Waals surface area contributed by atoms with E-state index >= 15 is 0 Å². The zero-order valence-electron chi connectivity index (χ0n) is 9.25. The molecule has 0 aliphatic rings. The predicted molar refractivity (Wildman–Crippen MR) is 68.1 cm³/mol. The maximum Gasteiger partial charge on any atom is 0.416 e. The van der Waals surface area contributed by atoms with Crippen molar-refractivity contribution in [1.82, 2.24) is 0 Å². The highest BCUT2D eigenvalue weighted by atomic mass is 35.5. The topological polar surface area (TPSA) is 0 Å². The van der Waals surface area contributed by atoms with Gasteiger partial charge in [0.2, 0.25) is 0 Å². The lowest BCUT2D eigenvalue weighted by molar-refractivity contribution is -0.137. The van der Waals surface area contributed by atoms with E-state index in [9.17, 15) is 13.2 Å². The number of alkyl halides is 4. The van der Waals surface area contributed by atoms with Crippen molar-refractivity contribution in [3.8, 4) is 0 Å². The summed E-state index contributed by atoms with van der Waals surface area (Å²) in [5, 5.41) is 1.48. The summed E-state index contributed by atoms with van der Waals surface area (Å²) in [5.41, 5.74) is -0.156. The molecular formula is C13H10ClF3S. The zero-order chi connectivity index (χ0) is 13.2. The predicted octanol–water partition coefficient (Wildman–Crippen LogP) is 5.29. The van der Waals surface area contributed by atoms with Gasteiger partial charge in [-0.05, 0) is 23.1 Å². The van der Waals surface area contributed by atoms with E-state index in [0.29, 0.717) is 12.0 Å². The monoisotopic (exact) mass is 290 g/mol. The number of benzene rings is 1. The van der Waals surface area contributed by atoms with Crippen LogP contribution in [0.15, 0.2) is 41.8 Å². The zero-order valence-corrected chi connectivity index (χ0v) is 10.8. The molecule has 0 aliphatic heterocycles. The Morgan fingerprint density at radius 1 is 1.17 bits per heavy atom. The number of hydrogen-bond acceptors (Lipinski definition) is 1. The molecule has 1 aromatic heterocycles. The van der Waals surface area contributed by atoms with Crippen LogP contribution in [-0.4, -0.2) is 0 Å². The molecule has 0 radical (unpaired) electrons. The standard InChI is InChI=1S/C13H10ClF3S/c14-12(8-11-5-2-6-18-11)9-3-1-4-10(7-9)13(15,16)17/h1-7,12H,8H2. The van der Waals surface area contributed by atoms with E-state index in [1.54, 1.807) is 17.4 Å². The van der Waals surface area contributed by atoms with Gasteiger partial charge >= 0.3 is 6.18 Å². The average molecular weight is 291 g/mol. The summed E-state index contributed by atoms with van der Waals surface area (Å²) < 4.78 is 37.7. The van der Waals surface area contributed by atoms with Crippen LogP contribution in [0.4, 0.5) is 13.2 Å². The number of halogens is 4. The molecule has 96 valence electrons. The largest absolute Gasteiger partial charge is 0.416 e. The Hall–Kier alpha value is -1.00. The van der Waals surface area contributed by atoms with E-state index in [2.05, 4.69) is 0 Å². The van der Waals surface area contributed by atoms with Gasteiger partial charge in [-0.1, -0.05) is 24.3 Å². The average Bonchev–Trinajstić information content (AvgIpc) is 2.81. The van der Waals surface area contributed by atoms with Crippen LogP contribution in [0.1, 0.15) is 21.4 Å². The number of hydrogen-bond donors (Lipinski definition) is 0. The summed E-state index contributed by atoms with van der Waals surface area (Å²) in [6.45, 7) is 0. The first-order chi connectivity index (χ1) is 8.47. The SMILES string of the molecule is FC(F)(F)c1cccc(C(Cl)Cc2cccs2)c1. The fraction of sp³-hybridized carbons (Fsp3) is 0.231. The normalized spacial score (nSPS) is 13.6. The first-order valence-electron chi connectivity index (χ1n) is 5.30. The first-order valence-corrected chi connectivity index (χ1v) is 6.62. The van der Waals surface area contributed by atoms with Crippen molar-refractivity contribution in [2.24, 2.45) is 0 Å². The lowest BCUT2D eigenvalue weighted by Gasteiger charge is -2.12. The molecule has 1 atom stereocenters. The van der Waals surface area contributed by atoms with Gasteiger partial charge in [0.05, 0.1) is 10.9 Å². The third kappa shape index (κ3) is 3.27. The Morgan fingerprint density at radius 3 is 2.56 bits per heavy atom. The van der Waals surface area contributed by atoms with Crippen LogP contribution in [0.5, 0.6) is 0 Å². The molecule has 0 fully saturated rings. The van der Waals surface area contributed by atoms with Gasteiger partial charge in [0.25, 0.3) is 0 Å². The summed E-state index contributed by atoms with van der Waals surface area (Å²) in [4.78, 5) is 1.06. The van der Waals surface area contributed by atoms with E-state index in [1.165, 1.54) is 6.07 Å². The molecule has 0 spiro atoms. The highest BCUT2D eigenvalue weighted by Crippen LogP contribution is 2.33. The minimum absolute atomic E-state index is 0.439. The molecule has 0 aliphatic carbocycles. The van der Waals surface area contributed by atoms with Gasteiger partial charge in [0.1, 0.15) is 0 Å². The Morgan fingerprint density at radius 2 is 1.94 bits per heavy atom. The van der Waals surface area contributed by atoms with Gasteiger partial charge in [0.15, 0.2) is 0 Å². The minimum Gasteiger partial charge on any atom is -0.166 e. The van der Waals surface area contributed by atoms with Crippen LogP contribution >= 0.6 is 22.9 Å². The van der Waals surface area contributed by atoms with Crippen molar-refractivity contribution in [1.29, 1.82) is 0 Å². The molecule has 0 saturated carbocycles. The molecule has 1 heterocycles. The second-order valence-corrected chi connectivity index (χ2v) is 5.43. The number of rotatable bonds is 3. The van der Waals surface area contributed by atoms with E-state index < -0.39 is 17.1 Å². The second-order valence-electron chi connectivity index (χ2n) is 3.87. The third-order valence-electron chi connectivity index (χ3n) is 2.54. The lowest BCUT2D eigenvalue weighted by atomic mass is 10.1. The van der Waals surface area contributed by atoms with E-state index in [0.717, 1.165) is 17.0 Å². The van der Waals surface area contributed by atoms with Crippen LogP contribution in [0.3, 0.4) is 0 Å². The highest BCUT2D eigenvalue weighted by molar-refractivity contribution is 7.09. The van der Waals surface area contributed by atoms with Crippen LogP contribution < -0.4 is 0 Å². The Kier molecular flexibility index (Phi) is 3.97. The van der Waals surface area contributed by atoms with Crippen molar-refractivity contribution in [3.63, 3.8) is 0 Å². The van der Waals surface area contributed by atoms with E-state index in [-0.39, 0.29) is 0 Å². The second kappa shape index (κ2) is 5.33. The van der Waals surface area contributed by atoms with Gasteiger partial charge in [-0.15, -0.1) is 22.9 Å². The molecule has 0 N–H and O–H groups in total. The molecule has 2 rings (SSSR count). The maximum atomic E-state index is 12.6. The fourth-order valence-corrected chi connectivity index (χ4v) is 2.78. The van der Waals surface area contributed by atoms with Gasteiger partial charge in [-0.2, -0.15) is 13.2 Å². The van der Waals surface area contributed by atoms with Crippen LogP contribution in [0.25, 0.3) is 0 Å². The molecule has 0 amide bonds. The third-order valence-corrected chi connectivity index (χ3v) is 3.84. The highest BCUT2D eigenvalue weighted by Gasteiger charge is 2.30. The molecule has 1 unspecified atom stereocenters. The quantitative estimate of drug-likeness (QED) is 0.674. The maximum absolute atomic E-state index is 12.6. The summed E-state index contributed by atoms with van der Waals surface area (Å²) in [6.07, 6.45) is -3.78. The summed E-state index contributed by atoms with van der Waals surface area (Å²) in [6, 6.07) is 9.01. The minimum atomic E-state index is -4.32. The van der Waals surface area contributed by atoms with Crippen molar-refractivity contribution >= 4 is 22.9 Å². The van der Waals surface area contributed by atoms with Gasteiger partial charge in [-0.25, -0.2) is 0 Å². The van der Waals surface area contributed by atoms with Gasteiger partial charge < -0.3 is 0 Å². The Balaban J connectivity index is 2.18. The molecular weight excluding hydrogens is 281 g/mol. The van der Waals surface area contributed by atoms with Gasteiger partial charge in [0, 0.05) is 11.3 Å². The molecule has 2 aromatic rings. The first kappa shape index (κ1) is 13.4. The van der Waals surface area contributed by atoms with Gasteiger partial charge in [-0.3, -0.25) is 0 Å². The van der Waals surface area contributed by atoms with Crippen LogP contribution in [0, 0.1) is 0 Å². The molecule has 0 saturated heterocycles. The molecule has 0 bridgehead atoms. The molecule has 18 heavy (non-hydrogen) atoms. The molecule has 0 nitrogen and oxygen atoms in total. The fourth-order valence-electron chi connectivity index (χ4n) is 1.63.